The van der Waals surface area contributed by atoms with Crippen molar-refractivity contribution < 1.29 is 14.7 Å². The molecule has 1 saturated carbocycles. The predicted molar refractivity (Wildman–Crippen MR) is 102 cm³/mol. The summed E-state index contributed by atoms with van der Waals surface area (Å²) in [6.07, 6.45) is 2.67. The summed E-state index contributed by atoms with van der Waals surface area (Å²) in [5.41, 5.74) is 3.38. The summed E-state index contributed by atoms with van der Waals surface area (Å²) in [5.74, 6) is -0.350. The van der Waals surface area contributed by atoms with Gasteiger partial charge in [-0.05, 0) is 57.2 Å². The maximum Gasteiger partial charge on any atom is 0.252 e. The summed E-state index contributed by atoms with van der Waals surface area (Å²) in [5, 5.41) is 12.6. The highest BCUT2D eigenvalue weighted by Crippen LogP contribution is 2.21. The lowest BCUT2D eigenvalue weighted by atomic mass is 9.91. The van der Waals surface area contributed by atoms with Gasteiger partial charge in [-0.25, -0.2) is 0 Å². The molecule has 0 atom stereocenters. The molecule has 1 aliphatic rings. The Bertz CT molecular complexity index is 820. The summed E-state index contributed by atoms with van der Waals surface area (Å²) >= 11 is 0. The molecule has 0 saturated heterocycles. The minimum absolute atomic E-state index is 0.0507. The van der Waals surface area contributed by atoms with Crippen molar-refractivity contribution in [2.24, 2.45) is 0 Å². The molecule has 0 spiro atoms. The zero-order chi connectivity index (χ0) is 18.7. The topological polar surface area (TPSA) is 66.4 Å². The van der Waals surface area contributed by atoms with Crippen molar-refractivity contribution in [1.82, 2.24) is 5.32 Å². The Kier molecular flexibility index (Phi) is 5.52. The zero-order valence-electron chi connectivity index (χ0n) is 15.3. The average Bonchev–Trinajstić information content (AvgIpc) is 2.65. The van der Waals surface area contributed by atoms with Crippen molar-refractivity contribution in [2.45, 2.75) is 51.7 Å². The number of ketones is 1. The molecule has 0 unspecified atom stereocenters. The number of aliphatic hydroxyl groups is 1. The number of aryl methyl sites for hydroxylation is 2. The van der Waals surface area contributed by atoms with E-state index >= 15 is 0 Å². The first kappa shape index (κ1) is 18.3. The molecule has 0 heterocycles. The molecular formula is C22H25NO3. The Morgan fingerprint density at radius 2 is 1.58 bits per heavy atom. The SMILES string of the molecule is Cc1ccc(C)c(C(=O)c2ccccc2C(=O)NC2CCC(O)CC2)c1. The predicted octanol–water partition coefficient (Wildman–Crippen LogP) is 3.57. The monoisotopic (exact) mass is 351 g/mol. The molecule has 0 bridgehead atoms. The number of hydrogen-bond donors (Lipinski definition) is 2. The van der Waals surface area contributed by atoms with Gasteiger partial charge in [0.2, 0.25) is 0 Å². The summed E-state index contributed by atoms with van der Waals surface area (Å²) in [6.45, 7) is 3.86. The van der Waals surface area contributed by atoms with Crippen LogP contribution in [0.25, 0.3) is 0 Å². The summed E-state index contributed by atoms with van der Waals surface area (Å²) in [7, 11) is 0. The first-order chi connectivity index (χ1) is 12.5. The Labute approximate surface area is 154 Å². The lowest BCUT2D eigenvalue weighted by molar-refractivity contribution is 0.0862. The normalized spacial score (nSPS) is 19.8. The number of carbonyl (C=O) groups excluding carboxylic acids is 2. The van der Waals surface area contributed by atoms with Crippen LogP contribution in [-0.2, 0) is 0 Å². The smallest absolute Gasteiger partial charge is 0.252 e. The number of carbonyl (C=O) groups is 2. The van der Waals surface area contributed by atoms with Crippen LogP contribution < -0.4 is 5.32 Å². The first-order valence-electron chi connectivity index (χ1n) is 9.15. The minimum Gasteiger partial charge on any atom is -0.393 e. The first-order valence-corrected chi connectivity index (χ1v) is 9.15. The Hall–Kier alpha value is -2.46. The lowest BCUT2D eigenvalue weighted by Crippen LogP contribution is -2.39. The van der Waals surface area contributed by atoms with E-state index in [0.29, 0.717) is 29.5 Å². The number of hydrogen-bond acceptors (Lipinski definition) is 3. The van der Waals surface area contributed by atoms with Crippen molar-refractivity contribution in [3.63, 3.8) is 0 Å². The molecule has 1 aliphatic carbocycles. The van der Waals surface area contributed by atoms with Gasteiger partial charge in [-0.2, -0.15) is 0 Å². The van der Waals surface area contributed by atoms with E-state index in [0.717, 1.165) is 24.0 Å². The second kappa shape index (κ2) is 7.83. The van der Waals surface area contributed by atoms with Gasteiger partial charge in [0, 0.05) is 17.2 Å². The fourth-order valence-electron chi connectivity index (χ4n) is 3.49. The molecule has 1 amide bonds. The van der Waals surface area contributed by atoms with Crippen LogP contribution in [0.4, 0.5) is 0 Å². The van der Waals surface area contributed by atoms with Crippen molar-refractivity contribution in [1.29, 1.82) is 0 Å². The number of nitrogens with one attached hydrogen (secondary N) is 1. The molecule has 26 heavy (non-hydrogen) atoms. The van der Waals surface area contributed by atoms with E-state index in [1.807, 2.05) is 32.0 Å². The Morgan fingerprint density at radius 1 is 0.923 bits per heavy atom. The largest absolute Gasteiger partial charge is 0.393 e. The second-order valence-corrected chi connectivity index (χ2v) is 7.17. The molecule has 1 fully saturated rings. The number of rotatable bonds is 4. The van der Waals surface area contributed by atoms with Gasteiger partial charge in [0.05, 0.1) is 11.7 Å². The summed E-state index contributed by atoms with van der Waals surface area (Å²) in [4.78, 5) is 25.8. The lowest BCUT2D eigenvalue weighted by Gasteiger charge is -2.26. The fourth-order valence-corrected chi connectivity index (χ4v) is 3.49. The number of aliphatic hydroxyl groups excluding tert-OH is 1. The standard InChI is InChI=1S/C22H25NO3/c1-14-7-8-15(2)20(13-14)21(25)18-5-3-4-6-19(18)22(26)23-16-9-11-17(24)12-10-16/h3-8,13,16-17,24H,9-12H2,1-2H3,(H,23,26). The average molecular weight is 351 g/mol. The van der Waals surface area contributed by atoms with Crippen LogP contribution in [0.3, 0.4) is 0 Å². The molecule has 0 radical (unpaired) electrons. The second-order valence-electron chi connectivity index (χ2n) is 7.17. The third-order valence-electron chi connectivity index (χ3n) is 5.09. The van der Waals surface area contributed by atoms with E-state index in [1.54, 1.807) is 24.3 Å². The Balaban J connectivity index is 1.85. The van der Waals surface area contributed by atoms with Gasteiger partial charge in [0.25, 0.3) is 5.91 Å². The van der Waals surface area contributed by atoms with Crippen molar-refractivity contribution in [3.05, 3.63) is 70.3 Å². The summed E-state index contributed by atoms with van der Waals surface area (Å²) in [6, 6.07) is 12.8. The van der Waals surface area contributed by atoms with Gasteiger partial charge in [-0.15, -0.1) is 0 Å². The van der Waals surface area contributed by atoms with Gasteiger partial charge < -0.3 is 10.4 Å². The molecule has 3 rings (SSSR count). The molecular weight excluding hydrogens is 326 g/mol. The van der Waals surface area contributed by atoms with Crippen molar-refractivity contribution >= 4 is 11.7 Å². The van der Waals surface area contributed by atoms with Crippen molar-refractivity contribution in [2.75, 3.05) is 0 Å². The van der Waals surface area contributed by atoms with Gasteiger partial charge in [-0.3, -0.25) is 9.59 Å². The molecule has 0 aromatic heterocycles. The molecule has 136 valence electrons. The van der Waals surface area contributed by atoms with Crippen LogP contribution in [0.1, 0.15) is 63.1 Å². The number of benzene rings is 2. The highest BCUT2D eigenvalue weighted by molar-refractivity contribution is 6.16. The van der Waals surface area contributed by atoms with E-state index in [4.69, 9.17) is 0 Å². The van der Waals surface area contributed by atoms with Gasteiger partial charge >= 0.3 is 0 Å². The molecule has 4 heteroatoms. The van der Waals surface area contributed by atoms with Crippen LogP contribution >= 0.6 is 0 Å². The Morgan fingerprint density at radius 3 is 2.27 bits per heavy atom. The molecule has 2 N–H and O–H groups in total. The van der Waals surface area contributed by atoms with Crippen LogP contribution in [0.2, 0.25) is 0 Å². The van der Waals surface area contributed by atoms with Gasteiger partial charge in [0.1, 0.15) is 0 Å². The van der Waals surface area contributed by atoms with Crippen LogP contribution in [0, 0.1) is 13.8 Å². The third kappa shape index (κ3) is 4.02. The fraction of sp³-hybridized carbons (Fsp3) is 0.364. The van der Waals surface area contributed by atoms with Gasteiger partial charge in [-0.1, -0.05) is 35.9 Å². The van der Waals surface area contributed by atoms with Crippen molar-refractivity contribution in [3.8, 4) is 0 Å². The van der Waals surface area contributed by atoms with Crippen LogP contribution in [0.5, 0.6) is 0 Å². The van der Waals surface area contributed by atoms with E-state index < -0.39 is 0 Å². The van der Waals surface area contributed by atoms with E-state index in [2.05, 4.69) is 5.32 Å². The highest BCUT2D eigenvalue weighted by Gasteiger charge is 2.24. The minimum atomic E-state index is -0.263. The van der Waals surface area contributed by atoms with Crippen LogP contribution in [-0.4, -0.2) is 28.9 Å². The third-order valence-corrected chi connectivity index (χ3v) is 5.09. The van der Waals surface area contributed by atoms with E-state index in [-0.39, 0.29) is 23.8 Å². The van der Waals surface area contributed by atoms with E-state index in [9.17, 15) is 14.7 Å². The van der Waals surface area contributed by atoms with Crippen LogP contribution in [0.15, 0.2) is 42.5 Å². The summed E-state index contributed by atoms with van der Waals surface area (Å²) < 4.78 is 0. The molecule has 2 aromatic rings. The highest BCUT2D eigenvalue weighted by atomic mass is 16.3. The zero-order valence-corrected chi connectivity index (χ0v) is 15.3. The quantitative estimate of drug-likeness (QED) is 0.828. The maximum absolute atomic E-state index is 13.1. The number of amides is 1. The van der Waals surface area contributed by atoms with E-state index in [1.165, 1.54) is 0 Å². The maximum atomic E-state index is 13.1. The molecule has 0 aliphatic heterocycles. The molecule has 4 nitrogen and oxygen atoms in total. The van der Waals surface area contributed by atoms with Gasteiger partial charge in [0.15, 0.2) is 5.78 Å². The molecule has 2 aromatic carbocycles.